The minimum Gasteiger partial charge on any atom is -0.478 e. The van der Waals surface area contributed by atoms with Crippen LogP contribution in [0.3, 0.4) is 0 Å². The van der Waals surface area contributed by atoms with Gasteiger partial charge in [-0.25, -0.2) is 4.79 Å². The van der Waals surface area contributed by atoms with E-state index in [9.17, 15) is 4.79 Å². The van der Waals surface area contributed by atoms with Gasteiger partial charge < -0.3 is 10.4 Å². The molecule has 0 spiro atoms. The molecule has 1 aromatic rings. The lowest BCUT2D eigenvalue weighted by molar-refractivity contribution is 0.0698. The number of nitrogens with zero attached hydrogens (tertiary/aromatic N) is 1. The topological polar surface area (TPSA) is 52.6 Å². The summed E-state index contributed by atoms with van der Waals surface area (Å²) in [6.45, 7) is 5.17. The van der Waals surface area contributed by atoms with Crippen LogP contribution in [-0.4, -0.2) is 41.7 Å². The molecule has 1 atom stereocenters. The summed E-state index contributed by atoms with van der Waals surface area (Å²) < 4.78 is 0. The van der Waals surface area contributed by atoms with Crippen LogP contribution in [-0.2, 0) is 0 Å². The number of nitrogens with one attached hydrogen (secondary N) is 1. The molecule has 1 unspecified atom stereocenters. The lowest BCUT2D eigenvalue weighted by atomic mass is 10.1. The first-order valence-corrected chi connectivity index (χ1v) is 6.96. The molecule has 0 radical (unpaired) electrons. The molecule has 5 heteroatoms. The fourth-order valence-corrected chi connectivity index (χ4v) is 2.59. The van der Waals surface area contributed by atoms with Crippen molar-refractivity contribution in [1.29, 1.82) is 0 Å². The van der Waals surface area contributed by atoms with E-state index < -0.39 is 5.97 Å². The van der Waals surface area contributed by atoms with Crippen LogP contribution in [0.5, 0.6) is 0 Å². The van der Waals surface area contributed by atoms with E-state index in [4.69, 9.17) is 16.7 Å². The summed E-state index contributed by atoms with van der Waals surface area (Å²) in [5.74, 6) is -0.959. The Morgan fingerprint density at radius 1 is 1.47 bits per heavy atom. The second kappa shape index (κ2) is 6.26. The van der Waals surface area contributed by atoms with E-state index in [1.54, 1.807) is 12.1 Å². The molecule has 2 N–H and O–H groups in total. The summed E-state index contributed by atoms with van der Waals surface area (Å²) in [4.78, 5) is 13.6. The van der Waals surface area contributed by atoms with Crippen LogP contribution in [0.25, 0.3) is 0 Å². The molecule has 1 aliphatic heterocycles. The predicted molar refractivity (Wildman–Crippen MR) is 77.2 cm³/mol. The Labute approximate surface area is 118 Å². The normalized spacial score (nSPS) is 17.4. The van der Waals surface area contributed by atoms with Crippen LogP contribution in [0, 0.1) is 0 Å². The maximum Gasteiger partial charge on any atom is 0.337 e. The number of hydrogen-bond acceptors (Lipinski definition) is 3. The van der Waals surface area contributed by atoms with Crippen LogP contribution in [0.15, 0.2) is 18.2 Å². The molecule has 2 rings (SSSR count). The number of halogens is 1. The lowest BCUT2D eigenvalue weighted by Crippen LogP contribution is -2.35. The van der Waals surface area contributed by atoms with Crippen molar-refractivity contribution in [3.05, 3.63) is 28.8 Å². The highest BCUT2D eigenvalue weighted by molar-refractivity contribution is 6.31. The number of carboxylic acid groups (broad SMARTS) is 1. The van der Waals surface area contributed by atoms with Crippen LogP contribution in [0.1, 0.15) is 30.1 Å². The molecule has 0 aliphatic carbocycles. The first-order valence-electron chi connectivity index (χ1n) is 6.58. The Morgan fingerprint density at radius 2 is 2.16 bits per heavy atom. The monoisotopic (exact) mass is 282 g/mol. The van der Waals surface area contributed by atoms with Gasteiger partial charge in [0.2, 0.25) is 0 Å². The van der Waals surface area contributed by atoms with Crippen LogP contribution >= 0.6 is 11.6 Å². The first-order chi connectivity index (χ1) is 9.08. The highest BCUT2D eigenvalue weighted by atomic mass is 35.5. The fourth-order valence-electron chi connectivity index (χ4n) is 2.42. The molecular weight excluding hydrogens is 264 g/mol. The Balaban J connectivity index is 2.00. The second-order valence-corrected chi connectivity index (χ2v) is 5.40. The highest BCUT2D eigenvalue weighted by Gasteiger charge is 2.18. The van der Waals surface area contributed by atoms with E-state index >= 15 is 0 Å². The van der Waals surface area contributed by atoms with Gasteiger partial charge in [0.15, 0.2) is 0 Å². The number of benzene rings is 1. The average molecular weight is 283 g/mol. The zero-order valence-corrected chi connectivity index (χ0v) is 11.8. The maximum absolute atomic E-state index is 11.2. The zero-order valence-electron chi connectivity index (χ0n) is 11.0. The third-order valence-electron chi connectivity index (χ3n) is 3.56. The van der Waals surface area contributed by atoms with Crippen molar-refractivity contribution in [2.45, 2.75) is 25.8 Å². The Morgan fingerprint density at radius 3 is 2.79 bits per heavy atom. The van der Waals surface area contributed by atoms with Gasteiger partial charge in [0, 0.05) is 23.3 Å². The molecule has 0 bridgehead atoms. The molecule has 19 heavy (non-hydrogen) atoms. The highest BCUT2D eigenvalue weighted by Crippen LogP contribution is 2.21. The lowest BCUT2D eigenvalue weighted by Gasteiger charge is -2.24. The molecule has 0 saturated carbocycles. The van der Waals surface area contributed by atoms with Gasteiger partial charge in [-0.05, 0) is 51.1 Å². The molecule has 104 valence electrons. The van der Waals surface area contributed by atoms with E-state index in [2.05, 4.69) is 17.1 Å². The standard InChI is InChI=1S/C14H19ClN2O2/c1-10(17-6-2-3-7-17)9-16-13-5-4-11(15)8-12(13)14(18)19/h4-5,8,10,16H,2-3,6-7,9H2,1H3,(H,18,19). The number of aromatic carboxylic acids is 1. The summed E-state index contributed by atoms with van der Waals surface area (Å²) in [6.07, 6.45) is 2.51. The third kappa shape index (κ3) is 3.61. The number of rotatable bonds is 5. The largest absolute Gasteiger partial charge is 0.478 e. The van der Waals surface area contributed by atoms with Gasteiger partial charge in [0.05, 0.1) is 5.56 Å². The third-order valence-corrected chi connectivity index (χ3v) is 3.80. The van der Waals surface area contributed by atoms with Gasteiger partial charge in [0.1, 0.15) is 0 Å². The van der Waals surface area contributed by atoms with E-state index in [1.807, 2.05) is 0 Å². The molecule has 1 aromatic carbocycles. The summed E-state index contributed by atoms with van der Waals surface area (Å²) in [6, 6.07) is 5.31. The van der Waals surface area contributed by atoms with Crippen LogP contribution < -0.4 is 5.32 Å². The smallest absolute Gasteiger partial charge is 0.337 e. The van der Waals surface area contributed by atoms with E-state index in [0.717, 1.165) is 19.6 Å². The van der Waals surface area contributed by atoms with Crippen molar-refractivity contribution >= 4 is 23.3 Å². The molecule has 4 nitrogen and oxygen atoms in total. The minimum absolute atomic E-state index is 0.223. The molecule has 1 heterocycles. The van der Waals surface area contributed by atoms with Crippen LogP contribution in [0.2, 0.25) is 5.02 Å². The molecule has 1 aliphatic rings. The first kappa shape index (κ1) is 14.2. The van der Waals surface area contributed by atoms with Gasteiger partial charge in [-0.3, -0.25) is 4.90 Å². The summed E-state index contributed by atoms with van der Waals surface area (Å²) in [5, 5.41) is 12.8. The van der Waals surface area contributed by atoms with Crippen LogP contribution in [0.4, 0.5) is 5.69 Å². The molecule has 1 saturated heterocycles. The summed E-state index contributed by atoms with van der Waals surface area (Å²) in [7, 11) is 0. The van der Waals surface area contributed by atoms with Crippen molar-refractivity contribution < 1.29 is 9.90 Å². The molecule has 0 aromatic heterocycles. The number of likely N-dealkylation sites (tertiary alicyclic amines) is 1. The Hall–Kier alpha value is -1.26. The van der Waals surface area contributed by atoms with Crippen molar-refractivity contribution in [1.82, 2.24) is 4.90 Å². The van der Waals surface area contributed by atoms with Gasteiger partial charge in [-0.1, -0.05) is 11.6 Å². The Bertz CT molecular complexity index is 459. The van der Waals surface area contributed by atoms with Crippen molar-refractivity contribution in [3.63, 3.8) is 0 Å². The van der Waals surface area contributed by atoms with Crippen molar-refractivity contribution in [3.8, 4) is 0 Å². The van der Waals surface area contributed by atoms with Gasteiger partial charge >= 0.3 is 5.97 Å². The van der Waals surface area contributed by atoms with Gasteiger partial charge in [-0.2, -0.15) is 0 Å². The summed E-state index contributed by atoms with van der Waals surface area (Å²) >= 11 is 5.83. The SMILES string of the molecule is CC(CNc1ccc(Cl)cc1C(=O)O)N1CCCC1. The van der Waals surface area contributed by atoms with Gasteiger partial charge in [0.25, 0.3) is 0 Å². The second-order valence-electron chi connectivity index (χ2n) is 4.97. The van der Waals surface area contributed by atoms with E-state index in [1.165, 1.54) is 18.9 Å². The van der Waals surface area contributed by atoms with Crippen molar-refractivity contribution in [2.75, 3.05) is 25.0 Å². The van der Waals surface area contributed by atoms with E-state index in [0.29, 0.717) is 16.8 Å². The zero-order chi connectivity index (χ0) is 13.8. The molecule has 1 fully saturated rings. The summed E-state index contributed by atoms with van der Waals surface area (Å²) in [5.41, 5.74) is 0.851. The van der Waals surface area contributed by atoms with Gasteiger partial charge in [-0.15, -0.1) is 0 Å². The Kier molecular flexibility index (Phi) is 4.66. The quantitative estimate of drug-likeness (QED) is 0.872. The molecule has 0 amide bonds. The number of carbonyl (C=O) groups is 1. The van der Waals surface area contributed by atoms with Crippen molar-refractivity contribution in [2.24, 2.45) is 0 Å². The average Bonchev–Trinajstić information content (AvgIpc) is 2.90. The number of carboxylic acids is 1. The number of hydrogen-bond donors (Lipinski definition) is 2. The molecular formula is C14H19ClN2O2. The minimum atomic E-state index is -0.959. The van der Waals surface area contributed by atoms with E-state index in [-0.39, 0.29) is 5.56 Å². The number of anilines is 1. The maximum atomic E-state index is 11.2. The fraction of sp³-hybridized carbons (Fsp3) is 0.500. The predicted octanol–water partition coefficient (Wildman–Crippen LogP) is 2.93.